The Labute approximate surface area is 186 Å². The number of thiazole rings is 1. The highest BCUT2D eigenvalue weighted by Gasteiger charge is 2.20. The third-order valence-electron chi connectivity index (χ3n) is 4.33. The van der Waals surface area contributed by atoms with Gasteiger partial charge in [-0.05, 0) is 26.8 Å². The van der Waals surface area contributed by atoms with Crippen LogP contribution >= 0.6 is 22.9 Å². The number of hydrogen-bond donors (Lipinski definition) is 2. The Morgan fingerprint density at radius 1 is 1.26 bits per heavy atom. The quantitative estimate of drug-likeness (QED) is 0.440. The number of carbonyl (C=O) groups excluding carboxylic acids is 1. The van der Waals surface area contributed by atoms with E-state index in [0.29, 0.717) is 28.8 Å². The zero-order chi connectivity index (χ0) is 22.0. The maximum absolute atomic E-state index is 12.7. The second-order valence-corrected chi connectivity index (χ2v) is 8.09. The number of amides is 2. The van der Waals surface area contributed by atoms with Crippen LogP contribution in [0, 0.1) is 6.92 Å². The van der Waals surface area contributed by atoms with Crippen LogP contribution in [0.25, 0.3) is 16.2 Å². The molecule has 0 aliphatic heterocycles. The molecule has 0 aliphatic rings. The molecule has 0 saturated carbocycles. The molecule has 0 bridgehead atoms. The van der Waals surface area contributed by atoms with Gasteiger partial charge < -0.3 is 15.4 Å². The molecule has 0 spiro atoms. The molecule has 160 valence electrons. The van der Waals surface area contributed by atoms with Crippen molar-refractivity contribution in [3.63, 3.8) is 0 Å². The molecule has 1 unspecified atom stereocenters. The zero-order valence-electron chi connectivity index (χ0n) is 17.0. The minimum absolute atomic E-state index is 0.274. The van der Waals surface area contributed by atoms with Crippen molar-refractivity contribution in [3.05, 3.63) is 46.4 Å². The number of urea groups is 1. The van der Waals surface area contributed by atoms with Crippen LogP contribution in [-0.4, -0.2) is 42.6 Å². The molecule has 0 radical (unpaired) electrons. The monoisotopic (exact) mass is 458 g/mol. The first-order valence-electron chi connectivity index (χ1n) is 9.44. The van der Waals surface area contributed by atoms with E-state index in [1.807, 2.05) is 20.8 Å². The highest BCUT2D eigenvalue weighted by molar-refractivity contribution is 7.18. The van der Waals surface area contributed by atoms with E-state index in [9.17, 15) is 4.79 Å². The van der Waals surface area contributed by atoms with Gasteiger partial charge in [0.05, 0.1) is 52.3 Å². The molecular weight excluding hydrogens is 440 g/mol. The number of fused-ring (bicyclic) bond motifs is 1. The second kappa shape index (κ2) is 8.92. The SMILES string of the molecule is CCOC(C)c1c(NC(=O)Nc2cnc(-n3nccn3)c(Cl)c2)cnc2sc(C)nc12. The van der Waals surface area contributed by atoms with Crippen molar-refractivity contribution in [2.24, 2.45) is 0 Å². The van der Waals surface area contributed by atoms with Crippen LogP contribution in [-0.2, 0) is 4.74 Å². The summed E-state index contributed by atoms with van der Waals surface area (Å²) < 4.78 is 5.77. The van der Waals surface area contributed by atoms with Crippen LogP contribution in [0.15, 0.2) is 30.9 Å². The van der Waals surface area contributed by atoms with Gasteiger partial charge >= 0.3 is 6.03 Å². The average molecular weight is 459 g/mol. The van der Waals surface area contributed by atoms with Crippen molar-refractivity contribution >= 4 is 50.7 Å². The number of nitrogens with one attached hydrogen (secondary N) is 2. The number of nitrogens with zero attached hydrogens (tertiary/aromatic N) is 6. The average Bonchev–Trinajstić information content (AvgIpc) is 3.37. The van der Waals surface area contributed by atoms with E-state index in [4.69, 9.17) is 16.3 Å². The van der Waals surface area contributed by atoms with E-state index in [1.54, 1.807) is 12.3 Å². The Hall–Kier alpha value is -3.15. The molecule has 0 saturated heterocycles. The van der Waals surface area contributed by atoms with E-state index in [2.05, 4.69) is 35.8 Å². The van der Waals surface area contributed by atoms with Crippen molar-refractivity contribution in [3.8, 4) is 5.82 Å². The predicted molar refractivity (Wildman–Crippen MR) is 119 cm³/mol. The maximum atomic E-state index is 12.7. The molecule has 4 aromatic heterocycles. The maximum Gasteiger partial charge on any atom is 0.323 e. The largest absolute Gasteiger partial charge is 0.374 e. The minimum atomic E-state index is -0.471. The lowest BCUT2D eigenvalue weighted by atomic mass is 10.1. The molecule has 0 fully saturated rings. The number of aromatic nitrogens is 6. The van der Waals surface area contributed by atoms with Crippen LogP contribution in [0.5, 0.6) is 0 Å². The van der Waals surface area contributed by atoms with Crippen molar-refractivity contribution in [1.29, 1.82) is 0 Å². The van der Waals surface area contributed by atoms with Crippen molar-refractivity contribution in [1.82, 2.24) is 29.9 Å². The topological polar surface area (TPSA) is 120 Å². The molecule has 12 heteroatoms. The van der Waals surface area contributed by atoms with Gasteiger partial charge in [-0.15, -0.1) is 4.80 Å². The first kappa shape index (κ1) is 21.1. The van der Waals surface area contributed by atoms with Crippen LogP contribution in [0.3, 0.4) is 0 Å². The van der Waals surface area contributed by atoms with Gasteiger partial charge in [0, 0.05) is 12.2 Å². The van der Waals surface area contributed by atoms with E-state index >= 15 is 0 Å². The summed E-state index contributed by atoms with van der Waals surface area (Å²) in [4.78, 5) is 28.0. The Bertz CT molecular complexity index is 1230. The number of anilines is 2. The number of carbonyl (C=O) groups is 1. The van der Waals surface area contributed by atoms with Gasteiger partial charge in [-0.25, -0.2) is 19.7 Å². The number of rotatable bonds is 6. The number of halogens is 1. The molecule has 10 nitrogen and oxygen atoms in total. The summed E-state index contributed by atoms with van der Waals surface area (Å²) in [6, 6.07) is 1.10. The van der Waals surface area contributed by atoms with Crippen molar-refractivity contribution in [2.45, 2.75) is 26.9 Å². The lowest BCUT2D eigenvalue weighted by molar-refractivity contribution is 0.0777. The third kappa shape index (κ3) is 4.48. The highest BCUT2D eigenvalue weighted by Crippen LogP contribution is 2.34. The summed E-state index contributed by atoms with van der Waals surface area (Å²) in [5.41, 5.74) is 2.44. The summed E-state index contributed by atoms with van der Waals surface area (Å²) >= 11 is 7.76. The molecule has 2 amide bonds. The van der Waals surface area contributed by atoms with Gasteiger partial charge in [-0.3, -0.25) is 0 Å². The third-order valence-corrected chi connectivity index (χ3v) is 5.49. The molecule has 4 rings (SSSR count). The summed E-state index contributed by atoms with van der Waals surface area (Å²) in [6.45, 7) is 6.28. The number of pyridine rings is 2. The highest BCUT2D eigenvalue weighted by atomic mass is 35.5. The van der Waals surface area contributed by atoms with Crippen LogP contribution in [0.1, 0.15) is 30.5 Å². The fourth-order valence-corrected chi connectivity index (χ4v) is 4.12. The molecule has 0 aliphatic carbocycles. The number of ether oxygens (including phenoxy) is 1. The van der Waals surface area contributed by atoms with Crippen molar-refractivity contribution < 1.29 is 9.53 Å². The lowest BCUT2D eigenvalue weighted by Gasteiger charge is -2.17. The Morgan fingerprint density at radius 3 is 2.74 bits per heavy atom. The normalized spacial score (nSPS) is 12.1. The van der Waals surface area contributed by atoms with Gasteiger partial charge in [-0.1, -0.05) is 22.9 Å². The fraction of sp³-hybridized carbons (Fsp3) is 0.263. The van der Waals surface area contributed by atoms with E-state index in [-0.39, 0.29) is 6.10 Å². The van der Waals surface area contributed by atoms with Gasteiger partial charge in [0.1, 0.15) is 10.3 Å². The van der Waals surface area contributed by atoms with Crippen molar-refractivity contribution in [2.75, 3.05) is 17.2 Å². The van der Waals surface area contributed by atoms with Crippen LogP contribution < -0.4 is 10.6 Å². The standard InChI is InChI=1S/C19H19ClN8O2S/c1-4-30-10(2)15-14(9-22-18-16(15)25-11(3)31-18)27-19(29)26-12-7-13(20)17(21-8-12)28-23-5-6-24-28/h5-10H,4H2,1-3H3,(H2,26,27,29). The summed E-state index contributed by atoms with van der Waals surface area (Å²) in [7, 11) is 0. The fourth-order valence-electron chi connectivity index (χ4n) is 3.10. The predicted octanol–water partition coefficient (Wildman–Crippen LogP) is 4.37. The summed E-state index contributed by atoms with van der Waals surface area (Å²) in [6.07, 6.45) is 5.85. The first-order valence-corrected chi connectivity index (χ1v) is 10.6. The van der Waals surface area contributed by atoms with Gasteiger partial charge in [0.2, 0.25) is 0 Å². The first-order chi connectivity index (χ1) is 15.0. The van der Waals surface area contributed by atoms with E-state index in [1.165, 1.54) is 34.7 Å². The molecular formula is C19H19ClN8O2S. The molecule has 2 N–H and O–H groups in total. The van der Waals surface area contributed by atoms with E-state index in [0.717, 1.165) is 20.9 Å². The molecule has 4 aromatic rings. The van der Waals surface area contributed by atoms with Crippen LogP contribution in [0.2, 0.25) is 5.02 Å². The zero-order valence-corrected chi connectivity index (χ0v) is 18.5. The molecule has 31 heavy (non-hydrogen) atoms. The lowest BCUT2D eigenvalue weighted by Crippen LogP contribution is -2.21. The Morgan fingerprint density at radius 2 is 2.03 bits per heavy atom. The Kier molecular flexibility index (Phi) is 6.07. The summed E-state index contributed by atoms with van der Waals surface area (Å²) in [5, 5.41) is 14.7. The number of hydrogen-bond acceptors (Lipinski definition) is 8. The van der Waals surface area contributed by atoms with Gasteiger partial charge in [0.15, 0.2) is 5.82 Å². The minimum Gasteiger partial charge on any atom is -0.374 e. The van der Waals surface area contributed by atoms with Crippen LogP contribution in [0.4, 0.5) is 16.2 Å². The van der Waals surface area contributed by atoms with Gasteiger partial charge in [-0.2, -0.15) is 10.2 Å². The smallest absolute Gasteiger partial charge is 0.323 e. The van der Waals surface area contributed by atoms with Gasteiger partial charge in [0.25, 0.3) is 0 Å². The molecule has 1 atom stereocenters. The number of aryl methyl sites for hydroxylation is 1. The Balaban J connectivity index is 1.57. The molecule has 0 aromatic carbocycles. The molecule has 4 heterocycles. The second-order valence-electron chi connectivity index (χ2n) is 6.50. The van der Waals surface area contributed by atoms with E-state index < -0.39 is 6.03 Å². The summed E-state index contributed by atoms with van der Waals surface area (Å²) in [5.74, 6) is 0.360.